The Labute approximate surface area is 375 Å². The first-order valence-corrected chi connectivity index (χ1v) is 25.8. The number of nitrogens with one attached hydrogen (secondary N) is 4. The first kappa shape index (κ1) is 46.4. The fourth-order valence-corrected chi connectivity index (χ4v) is 14.9. The molecular formula is C47H75N7O8S. The number of fused-ring (bicyclic) bond motifs is 1. The zero-order chi connectivity index (χ0) is 45.2. The van der Waals surface area contributed by atoms with Gasteiger partial charge >= 0.3 is 10.2 Å². The van der Waals surface area contributed by atoms with E-state index in [4.69, 9.17) is 4.74 Å². The van der Waals surface area contributed by atoms with Gasteiger partial charge in [-0.05, 0) is 114 Å². The molecule has 7 atom stereocenters. The normalized spacial score (nSPS) is 33.6. The number of ether oxygens (including phenoxy) is 1. The standard InChI is InChI=1S/C47H75N7O8S/c1-7-33-28-47(33,42(59)51-63(60,61)52-23-13-14-24-52)50-39(56)35-29-46(43(4,5)45(46)19-15-20-45)30-54(35)41(58)37(44(6)21-26-62-27-22-44)49-40(57)36(32-16-9-8-10-17-32)48-38(55)34-18-11-12-25-53(34)31(2)3/h7,31-37H,1,8-30H2,2-6H3,(H,48,55)(H,49,57)(H,50,56)(H,51,59)/t33-,34+,35+,36+,37-,46-,47-/m1/s1. The van der Waals surface area contributed by atoms with Crippen LogP contribution in [-0.2, 0) is 38.9 Å². The van der Waals surface area contributed by atoms with Crippen LogP contribution in [0.5, 0.6) is 0 Å². The average molecular weight is 898 g/mol. The van der Waals surface area contributed by atoms with E-state index in [0.29, 0.717) is 65.0 Å². The quantitative estimate of drug-likeness (QED) is 0.188. The number of piperidine rings is 1. The topological polar surface area (TPSA) is 187 Å². The summed E-state index contributed by atoms with van der Waals surface area (Å²) in [6, 6.07) is -2.96. The van der Waals surface area contributed by atoms with Crippen molar-refractivity contribution in [2.75, 3.05) is 39.4 Å². The maximum absolute atomic E-state index is 15.7. The molecule has 4 saturated heterocycles. The molecule has 0 aromatic rings. The number of amides is 5. The highest BCUT2D eigenvalue weighted by molar-refractivity contribution is 7.87. The second kappa shape index (κ2) is 17.3. The maximum Gasteiger partial charge on any atom is 0.303 e. The lowest BCUT2D eigenvalue weighted by Gasteiger charge is -2.43. The van der Waals surface area contributed by atoms with Gasteiger partial charge in [0.1, 0.15) is 23.7 Å². The highest BCUT2D eigenvalue weighted by Gasteiger charge is 2.85. The molecular weight excluding hydrogens is 823 g/mol. The van der Waals surface area contributed by atoms with Crippen LogP contribution >= 0.6 is 0 Å². The van der Waals surface area contributed by atoms with Crippen LogP contribution < -0.4 is 20.7 Å². The van der Waals surface area contributed by atoms with E-state index in [1.54, 1.807) is 11.0 Å². The van der Waals surface area contributed by atoms with Gasteiger partial charge in [0.15, 0.2) is 0 Å². The Kier molecular flexibility index (Phi) is 12.7. The largest absolute Gasteiger partial charge is 0.381 e. The van der Waals surface area contributed by atoms with Gasteiger partial charge in [-0.1, -0.05) is 59.0 Å². The first-order chi connectivity index (χ1) is 29.9. The van der Waals surface area contributed by atoms with Crippen LogP contribution in [0.3, 0.4) is 0 Å². The van der Waals surface area contributed by atoms with Crippen molar-refractivity contribution in [2.24, 2.45) is 33.5 Å². The molecule has 2 spiro atoms. The van der Waals surface area contributed by atoms with Crippen molar-refractivity contribution in [3.8, 4) is 0 Å². The van der Waals surface area contributed by atoms with Crippen molar-refractivity contribution in [2.45, 2.75) is 180 Å². The third-order valence-corrected chi connectivity index (χ3v) is 19.6. The molecule has 0 unspecified atom stereocenters. The maximum atomic E-state index is 15.7. The Bertz CT molecular complexity index is 1920. The summed E-state index contributed by atoms with van der Waals surface area (Å²) in [5.41, 5.74) is -2.79. The number of hydrogen-bond donors (Lipinski definition) is 4. The average Bonchev–Trinajstić information content (AvgIpc) is 3.70. The van der Waals surface area contributed by atoms with Crippen molar-refractivity contribution >= 4 is 39.7 Å². The molecule has 4 heterocycles. The second-order valence-electron chi connectivity index (χ2n) is 21.8. The van der Waals surface area contributed by atoms with E-state index in [2.05, 4.69) is 59.8 Å². The number of nitrogens with zero attached hydrogens (tertiary/aromatic N) is 3. The minimum atomic E-state index is -4.12. The zero-order valence-corrected chi connectivity index (χ0v) is 39.4. The predicted molar refractivity (Wildman–Crippen MR) is 238 cm³/mol. The Balaban J connectivity index is 1.09. The summed E-state index contributed by atoms with van der Waals surface area (Å²) in [6.07, 6.45) is 15.0. The van der Waals surface area contributed by atoms with Crippen LogP contribution in [0.25, 0.3) is 0 Å². The molecule has 4 saturated carbocycles. The Hall–Kier alpha value is -3.08. The Morgan fingerprint density at radius 3 is 2.00 bits per heavy atom. The lowest BCUT2D eigenvalue weighted by atomic mass is 9.73. The summed E-state index contributed by atoms with van der Waals surface area (Å²) < 4.78 is 35.9. The van der Waals surface area contributed by atoms with Gasteiger partial charge in [-0.25, -0.2) is 4.72 Å². The van der Waals surface area contributed by atoms with Crippen LogP contribution in [0.2, 0.25) is 0 Å². The minimum Gasteiger partial charge on any atom is -0.381 e. The van der Waals surface area contributed by atoms with Gasteiger partial charge in [0.05, 0.1) is 6.04 Å². The van der Waals surface area contributed by atoms with Crippen molar-refractivity contribution in [3.63, 3.8) is 0 Å². The molecule has 0 aromatic carbocycles. The molecule has 8 fully saturated rings. The van der Waals surface area contributed by atoms with Gasteiger partial charge in [-0.2, -0.15) is 12.7 Å². The summed E-state index contributed by atoms with van der Waals surface area (Å²) in [4.78, 5) is 77.8. The molecule has 4 aliphatic carbocycles. The van der Waals surface area contributed by atoms with Gasteiger partial charge in [0.25, 0.3) is 5.91 Å². The van der Waals surface area contributed by atoms with Crippen molar-refractivity contribution in [1.29, 1.82) is 0 Å². The van der Waals surface area contributed by atoms with Gasteiger partial charge in [0, 0.05) is 55.6 Å². The lowest BCUT2D eigenvalue weighted by Crippen LogP contribution is -2.64. The van der Waals surface area contributed by atoms with Gasteiger partial charge in [-0.15, -0.1) is 6.58 Å². The van der Waals surface area contributed by atoms with Crippen molar-refractivity contribution in [3.05, 3.63) is 12.7 Å². The third-order valence-electron chi connectivity index (χ3n) is 18.2. The molecule has 15 nitrogen and oxygen atoms in total. The molecule has 4 aliphatic heterocycles. The first-order valence-electron chi connectivity index (χ1n) is 24.4. The van der Waals surface area contributed by atoms with Crippen LogP contribution in [-0.4, -0.2) is 127 Å². The monoisotopic (exact) mass is 898 g/mol. The van der Waals surface area contributed by atoms with Crippen LogP contribution in [0.4, 0.5) is 0 Å². The van der Waals surface area contributed by atoms with Gasteiger partial charge in [-0.3, -0.25) is 28.9 Å². The van der Waals surface area contributed by atoms with E-state index >= 15 is 9.59 Å². The summed E-state index contributed by atoms with van der Waals surface area (Å²) in [5, 5.41) is 9.52. The Morgan fingerprint density at radius 1 is 0.762 bits per heavy atom. The molecule has 8 aliphatic rings. The smallest absolute Gasteiger partial charge is 0.303 e. The SMILES string of the molecule is C=C[C@@H]1C[C@]1(NC(=O)[C@@H]1C[C@@]2(CN1C(=O)[C@@H](NC(=O)[C@@H](NC(=O)[C@@H]1CCCCN1C(C)C)C1CCCCC1)C1(C)CCOCC1)C(C)(C)C21CCC1)C(=O)NS(=O)(=O)N1CCCC1. The third kappa shape index (κ3) is 7.95. The molecule has 0 radical (unpaired) electrons. The second-order valence-corrected chi connectivity index (χ2v) is 23.5. The van der Waals surface area contributed by atoms with Crippen molar-refractivity contribution in [1.82, 2.24) is 34.8 Å². The number of carbonyl (C=O) groups excluding carboxylic acids is 5. The zero-order valence-electron chi connectivity index (χ0n) is 38.6. The van der Waals surface area contributed by atoms with Crippen LogP contribution in [0.1, 0.15) is 144 Å². The van der Waals surface area contributed by atoms with E-state index in [9.17, 15) is 22.8 Å². The fraction of sp³-hybridized carbons (Fsp3) is 0.851. The van der Waals surface area contributed by atoms with Gasteiger partial charge in [0.2, 0.25) is 23.6 Å². The number of hydrogen-bond acceptors (Lipinski definition) is 9. The molecule has 16 heteroatoms. The number of likely N-dealkylation sites (tertiary alicyclic amines) is 2. The summed E-state index contributed by atoms with van der Waals surface area (Å²) >= 11 is 0. The highest BCUT2D eigenvalue weighted by atomic mass is 32.2. The van der Waals surface area contributed by atoms with E-state index < -0.39 is 57.0 Å². The van der Waals surface area contributed by atoms with E-state index in [1.807, 2.05) is 6.92 Å². The van der Waals surface area contributed by atoms with Gasteiger partial charge < -0.3 is 25.6 Å². The Morgan fingerprint density at radius 2 is 1.41 bits per heavy atom. The summed E-state index contributed by atoms with van der Waals surface area (Å²) in [7, 11) is -4.12. The molecule has 0 aromatic heterocycles. The molecule has 0 bridgehead atoms. The minimum absolute atomic E-state index is 0.0314. The molecule has 63 heavy (non-hydrogen) atoms. The van der Waals surface area contributed by atoms with E-state index in [-0.39, 0.29) is 58.4 Å². The highest BCUT2D eigenvalue weighted by Crippen LogP contribution is 2.88. The number of rotatable bonds is 14. The molecule has 4 N–H and O–H groups in total. The number of carbonyl (C=O) groups is 5. The fourth-order valence-electron chi connectivity index (χ4n) is 13.6. The molecule has 8 rings (SSSR count). The predicted octanol–water partition coefficient (Wildman–Crippen LogP) is 3.93. The summed E-state index contributed by atoms with van der Waals surface area (Å²) in [6.45, 7) is 17.2. The van der Waals surface area contributed by atoms with Crippen LogP contribution in [0, 0.1) is 33.5 Å². The molecule has 5 amide bonds. The van der Waals surface area contributed by atoms with Crippen LogP contribution in [0.15, 0.2) is 12.7 Å². The summed E-state index contributed by atoms with van der Waals surface area (Å²) in [5.74, 6) is -2.74. The molecule has 352 valence electrons. The van der Waals surface area contributed by atoms with Crippen molar-refractivity contribution < 1.29 is 37.1 Å². The van der Waals surface area contributed by atoms with E-state index in [1.165, 1.54) is 4.31 Å². The lowest BCUT2D eigenvalue weighted by molar-refractivity contribution is -0.147. The van der Waals surface area contributed by atoms with E-state index in [0.717, 1.165) is 77.2 Å².